The van der Waals surface area contributed by atoms with Crippen molar-refractivity contribution in [1.29, 1.82) is 0 Å². The summed E-state index contributed by atoms with van der Waals surface area (Å²) in [5.74, 6) is -0.0432. The summed E-state index contributed by atoms with van der Waals surface area (Å²) in [7, 11) is 1.93. The fourth-order valence-corrected chi connectivity index (χ4v) is 3.12. The molecule has 2 aromatic carbocycles. The third-order valence-electron chi connectivity index (χ3n) is 4.46. The Hall–Kier alpha value is -2.13. The molecule has 0 aliphatic carbocycles. The smallest absolute Gasteiger partial charge is 0.306 e. The Morgan fingerprint density at radius 3 is 2.21 bits per heavy atom. The maximum atomic E-state index is 12.3. The van der Waals surface area contributed by atoms with Crippen LogP contribution in [-0.2, 0) is 21.6 Å². The van der Waals surface area contributed by atoms with Crippen LogP contribution in [0, 0.1) is 5.92 Å². The number of rotatable bonds is 8. The molecular formula is C21H27NO2. The molecule has 0 saturated heterocycles. The monoisotopic (exact) mass is 325 g/mol. The molecule has 0 bridgehead atoms. The van der Waals surface area contributed by atoms with Gasteiger partial charge in [0.2, 0.25) is 0 Å². The molecule has 3 nitrogen and oxygen atoms in total. The molecule has 0 unspecified atom stereocenters. The van der Waals surface area contributed by atoms with Crippen molar-refractivity contribution in [3.05, 3.63) is 71.8 Å². The maximum Gasteiger partial charge on any atom is 0.306 e. The first-order chi connectivity index (χ1) is 11.6. The molecule has 0 aliphatic rings. The summed E-state index contributed by atoms with van der Waals surface area (Å²) in [4.78, 5) is 12.3. The normalized spacial score (nSPS) is 14.6. The molecule has 2 rings (SSSR count). The van der Waals surface area contributed by atoms with E-state index in [1.807, 2.05) is 50.4 Å². The van der Waals surface area contributed by atoms with Crippen molar-refractivity contribution >= 4 is 5.97 Å². The average Bonchev–Trinajstić information content (AvgIpc) is 2.62. The highest BCUT2D eigenvalue weighted by molar-refractivity contribution is 5.69. The number of ether oxygens (including phenoxy) is 1. The highest BCUT2D eigenvalue weighted by Crippen LogP contribution is 2.37. The van der Waals surface area contributed by atoms with E-state index < -0.39 is 5.60 Å². The van der Waals surface area contributed by atoms with Gasteiger partial charge in [0.25, 0.3) is 0 Å². The summed E-state index contributed by atoms with van der Waals surface area (Å²) in [6, 6.07) is 20.3. The minimum Gasteiger partial charge on any atom is -0.453 e. The molecule has 2 aromatic rings. The molecular weight excluding hydrogens is 298 g/mol. The van der Waals surface area contributed by atoms with Crippen LogP contribution >= 0.6 is 0 Å². The van der Waals surface area contributed by atoms with Gasteiger partial charge >= 0.3 is 5.97 Å². The van der Waals surface area contributed by atoms with Gasteiger partial charge in [0.05, 0.1) is 0 Å². The molecule has 0 radical (unpaired) electrons. The molecule has 1 N–H and O–H groups in total. The number of esters is 1. The Balaban J connectivity index is 2.51. The lowest BCUT2D eigenvalue weighted by atomic mass is 9.77. The van der Waals surface area contributed by atoms with Crippen molar-refractivity contribution in [2.75, 3.05) is 13.6 Å². The first-order valence-corrected chi connectivity index (χ1v) is 8.58. The van der Waals surface area contributed by atoms with Crippen molar-refractivity contribution < 1.29 is 9.53 Å². The van der Waals surface area contributed by atoms with Crippen molar-refractivity contribution in [3.63, 3.8) is 0 Å². The number of hydrogen-bond donors (Lipinski definition) is 1. The predicted octanol–water partition coefficient (Wildman–Crippen LogP) is 3.93. The lowest BCUT2D eigenvalue weighted by molar-refractivity contribution is -0.167. The fraction of sp³-hybridized carbons (Fsp3) is 0.381. The molecule has 0 aromatic heterocycles. The van der Waals surface area contributed by atoms with E-state index in [2.05, 4.69) is 36.5 Å². The number of nitrogens with one attached hydrogen (secondary N) is 1. The number of benzene rings is 2. The van der Waals surface area contributed by atoms with Crippen LogP contribution in [0.3, 0.4) is 0 Å². The fourth-order valence-electron chi connectivity index (χ4n) is 3.12. The minimum atomic E-state index is -0.682. The summed E-state index contributed by atoms with van der Waals surface area (Å²) >= 11 is 0. The van der Waals surface area contributed by atoms with E-state index in [4.69, 9.17) is 4.74 Å². The lowest BCUT2D eigenvalue weighted by Gasteiger charge is -2.39. The first kappa shape index (κ1) is 18.2. The predicted molar refractivity (Wildman–Crippen MR) is 97.7 cm³/mol. The lowest BCUT2D eigenvalue weighted by Crippen LogP contribution is -2.44. The van der Waals surface area contributed by atoms with Gasteiger partial charge in [-0.15, -0.1) is 0 Å². The Morgan fingerprint density at radius 1 is 1.08 bits per heavy atom. The molecule has 0 heterocycles. The molecule has 24 heavy (non-hydrogen) atoms. The van der Waals surface area contributed by atoms with Crippen LogP contribution in [0.15, 0.2) is 60.7 Å². The van der Waals surface area contributed by atoms with Gasteiger partial charge in [-0.05, 0) is 18.2 Å². The second kappa shape index (κ2) is 8.65. The van der Waals surface area contributed by atoms with Crippen molar-refractivity contribution in [2.24, 2.45) is 5.92 Å². The van der Waals surface area contributed by atoms with Crippen LogP contribution in [-0.4, -0.2) is 19.6 Å². The Labute approximate surface area is 145 Å². The van der Waals surface area contributed by atoms with Gasteiger partial charge in [0.15, 0.2) is 0 Å². The summed E-state index contributed by atoms with van der Waals surface area (Å²) < 4.78 is 6.11. The number of carbonyl (C=O) groups excluding carboxylic acids is 1. The molecule has 3 heteroatoms. The average molecular weight is 325 g/mol. The molecule has 0 saturated carbocycles. The molecule has 0 fully saturated rings. The molecule has 2 atom stereocenters. The van der Waals surface area contributed by atoms with Crippen molar-refractivity contribution in [2.45, 2.75) is 32.3 Å². The second-order valence-corrected chi connectivity index (χ2v) is 6.20. The third-order valence-corrected chi connectivity index (χ3v) is 4.46. The van der Waals surface area contributed by atoms with Crippen LogP contribution in [0.25, 0.3) is 0 Å². The Morgan fingerprint density at radius 2 is 1.67 bits per heavy atom. The number of hydrogen-bond acceptors (Lipinski definition) is 3. The zero-order chi connectivity index (χ0) is 17.4. The number of carbonyl (C=O) groups is 1. The van der Waals surface area contributed by atoms with Gasteiger partial charge < -0.3 is 10.1 Å². The van der Waals surface area contributed by atoms with E-state index in [9.17, 15) is 4.79 Å². The standard InChI is InChI=1S/C21H27NO2/c1-4-20(23)24-21(17(2)16-22-3,19-13-9-6-10-14-19)15-18-11-7-5-8-12-18/h5-14,17,22H,4,15-16H2,1-3H3/t17-,21+/m1/s1. The Kier molecular flexibility index (Phi) is 6.56. The van der Waals surface area contributed by atoms with Crippen molar-refractivity contribution in [3.8, 4) is 0 Å². The van der Waals surface area contributed by atoms with Crippen LogP contribution in [0.1, 0.15) is 31.4 Å². The zero-order valence-corrected chi connectivity index (χ0v) is 14.8. The molecule has 0 spiro atoms. The maximum absolute atomic E-state index is 12.3. The van der Waals surface area contributed by atoms with Crippen LogP contribution < -0.4 is 5.32 Å². The van der Waals surface area contributed by atoms with E-state index in [0.29, 0.717) is 12.8 Å². The summed E-state index contributed by atoms with van der Waals surface area (Å²) in [6.45, 7) is 4.73. The zero-order valence-electron chi connectivity index (χ0n) is 14.8. The summed E-state index contributed by atoms with van der Waals surface area (Å²) in [5.41, 5.74) is 1.52. The van der Waals surface area contributed by atoms with Crippen LogP contribution in [0.4, 0.5) is 0 Å². The van der Waals surface area contributed by atoms with Gasteiger partial charge in [0.1, 0.15) is 5.60 Å². The highest BCUT2D eigenvalue weighted by atomic mass is 16.6. The second-order valence-electron chi connectivity index (χ2n) is 6.20. The van der Waals surface area contributed by atoms with E-state index in [1.165, 1.54) is 0 Å². The third kappa shape index (κ3) is 4.24. The minimum absolute atomic E-state index is 0.126. The highest BCUT2D eigenvalue weighted by Gasteiger charge is 2.41. The molecule has 0 amide bonds. The topological polar surface area (TPSA) is 38.3 Å². The van der Waals surface area contributed by atoms with Gasteiger partial charge in [-0.25, -0.2) is 0 Å². The van der Waals surface area contributed by atoms with Crippen LogP contribution in [0.2, 0.25) is 0 Å². The van der Waals surface area contributed by atoms with Gasteiger partial charge in [-0.1, -0.05) is 74.5 Å². The molecule has 0 aliphatic heterocycles. The van der Waals surface area contributed by atoms with Crippen molar-refractivity contribution in [1.82, 2.24) is 5.32 Å². The van der Waals surface area contributed by atoms with Gasteiger partial charge in [0, 0.05) is 25.3 Å². The largest absolute Gasteiger partial charge is 0.453 e. The van der Waals surface area contributed by atoms with E-state index >= 15 is 0 Å². The van der Waals surface area contributed by atoms with Gasteiger partial charge in [-0.2, -0.15) is 0 Å². The van der Waals surface area contributed by atoms with Crippen LogP contribution in [0.5, 0.6) is 0 Å². The van der Waals surface area contributed by atoms with Gasteiger partial charge in [-0.3, -0.25) is 4.79 Å². The summed E-state index contributed by atoms with van der Waals surface area (Å²) in [5, 5.41) is 3.23. The summed E-state index contributed by atoms with van der Waals surface area (Å²) in [6.07, 6.45) is 1.03. The molecule has 128 valence electrons. The Bertz CT molecular complexity index is 627. The first-order valence-electron chi connectivity index (χ1n) is 8.58. The van der Waals surface area contributed by atoms with E-state index in [1.54, 1.807) is 0 Å². The van der Waals surface area contributed by atoms with E-state index in [-0.39, 0.29) is 11.9 Å². The van der Waals surface area contributed by atoms with E-state index in [0.717, 1.165) is 17.7 Å². The SMILES string of the molecule is CCC(=O)O[C@](Cc1ccccc1)(c1ccccc1)[C@H](C)CNC. The quantitative estimate of drug-likeness (QED) is 0.747.